The highest BCUT2D eigenvalue weighted by Gasteiger charge is 2.11. The molecular formula is C20H22ClNO4. The highest BCUT2D eigenvalue weighted by Crippen LogP contribution is 2.22. The summed E-state index contributed by atoms with van der Waals surface area (Å²) in [5.74, 6) is -0.116. The average molecular weight is 376 g/mol. The Kier molecular flexibility index (Phi) is 7.48. The normalized spacial score (nSPS) is 10.3. The minimum Gasteiger partial charge on any atom is -0.494 e. The van der Waals surface area contributed by atoms with Gasteiger partial charge in [0.05, 0.1) is 17.3 Å². The van der Waals surface area contributed by atoms with E-state index in [1.54, 1.807) is 12.1 Å². The number of ether oxygens (including phenoxy) is 2. The van der Waals surface area contributed by atoms with Crippen molar-refractivity contribution in [2.45, 2.75) is 26.7 Å². The van der Waals surface area contributed by atoms with Crippen LogP contribution < -0.4 is 10.1 Å². The molecule has 26 heavy (non-hydrogen) atoms. The molecule has 2 aromatic rings. The SMILES string of the molecule is CCOc1ccccc1CCC(=O)OCC(=O)Nc1ccc(C)cc1Cl. The molecule has 6 heteroatoms. The Hall–Kier alpha value is -2.53. The molecule has 0 saturated carbocycles. The second-order valence-electron chi connectivity index (χ2n) is 5.73. The van der Waals surface area contributed by atoms with Crippen LogP contribution in [0.3, 0.4) is 0 Å². The van der Waals surface area contributed by atoms with E-state index in [0.29, 0.717) is 23.7 Å². The Morgan fingerprint density at radius 2 is 1.92 bits per heavy atom. The van der Waals surface area contributed by atoms with Crippen molar-refractivity contribution >= 4 is 29.2 Å². The average Bonchev–Trinajstić information content (AvgIpc) is 2.62. The van der Waals surface area contributed by atoms with E-state index in [-0.39, 0.29) is 13.0 Å². The quantitative estimate of drug-likeness (QED) is 0.703. The lowest BCUT2D eigenvalue weighted by molar-refractivity contribution is -0.147. The Labute approximate surface area is 158 Å². The minimum atomic E-state index is -0.443. The summed E-state index contributed by atoms with van der Waals surface area (Å²) in [5.41, 5.74) is 2.41. The molecule has 0 aliphatic carbocycles. The van der Waals surface area contributed by atoms with Gasteiger partial charge in [0.25, 0.3) is 5.91 Å². The van der Waals surface area contributed by atoms with E-state index in [9.17, 15) is 9.59 Å². The number of esters is 1. The Morgan fingerprint density at radius 1 is 1.15 bits per heavy atom. The molecule has 0 aromatic heterocycles. The summed E-state index contributed by atoms with van der Waals surface area (Å²) in [6.07, 6.45) is 0.656. The molecule has 138 valence electrons. The van der Waals surface area contributed by atoms with Gasteiger partial charge in [-0.15, -0.1) is 0 Å². The van der Waals surface area contributed by atoms with Crippen LogP contribution in [0.2, 0.25) is 5.02 Å². The third-order valence-electron chi connectivity index (χ3n) is 3.63. The fourth-order valence-electron chi connectivity index (χ4n) is 2.37. The van der Waals surface area contributed by atoms with Crippen molar-refractivity contribution in [3.05, 3.63) is 58.6 Å². The van der Waals surface area contributed by atoms with Crippen LogP contribution in [0.1, 0.15) is 24.5 Å². The molecule has 0 aliphatic heterocycles. The molecular weight excluding hydrogens is 354 g/mol. The number of para-hydroxylation sites is 1. The van der Waals surface area contributed by atoms with Gasteiger partial charge < -0.3 is 14.8 Å². The second-order valence-corrected chi connectivity index (χ2v) is 6.14. The zero-order valence-electron chi connectivity index (χ0n) is 14.9. The number of carbonyl (C=O) groups excluding carboxylic acids is 2. The van der Waals surface area contributed by atoms with E-state index in [4.69, 9.17) is 21.1 Å². The van der Waals surface area contributed by atoms with E-state index in [0.717, 1.165) is 16.9 Å². The smallest absolute Gasteiger partial charge is 0.306 e. The number of anilines is 1. The van der Waals surface area contributed by atoms with Crippen molar-refractivity contribution in [2.24, 2.45) is 0 Å². The number of hydrogen-bond donors (Lipinski definition) is 1. The summed E-state index contributed by atoms with van der Waals surface area (Å²) in [5, 5.41) is 3.07. The largest absolute Gasteiger partial charge is 0.494 e. The van der Waals surface area contributed by atoms with Gasteiger partial charge in [0.1, 0.15) is 5.75 Å². The molecule has 0 saturated heterocycles. The Balaban J connectivity index is 1.79. The minimum absolute atomic E-state index is 0.169. The van der Waals surface area contributed by atoms with Crippen LogP contribution in [-0.4, -0.2) is 25.1 Å². The van der Waals surface area contributed by atoms with Gasteiger partial charge in [-0.3, -0.25) is 9.59 Å². The fraction of sp³-hybridized carbons (Fsp3) is 0.300. The van der Waals surface area contributed by atoms with Gasteiger partial charge in [-0.2, -0.15) is 0 Å². The van der Waals surface area contributed by atoms with Crippen molar-refractivity contribution in [3.63, 3.8) is 0 Å². The molecule has 1 amide bonds. The lowest BCUT2D eigenvalue weighted by atomic mass is 10.1. The van der Waals surface area contributed by atoms with Gasteiger partial charge in [-0.25, -0.2) is 0 Å². The fourth-order valence-corrected chi connectivity index (χ4v) is 2.65. The van der Waals surface area contributed by atoms with Crippen molar-refractivity contribution < 1.29 is 19.1 Å². The highest BCUT2D eigenvalue weighted by molar-refractivity contribution is 6.33. The molecule has 0 heterocycles. The third kappa shape index (κ3) is 6.08. The summed E-state index contributed by atoms with van der Waals surface area (Å²) in [6, 6.07) is 12.8. The number of halogens is 1. The molecule has 0 unspecified atom stereocenters. The number of hydrogen-bond acceptors (Lipinski definition) is 4. The zero-order valence-corrected chi connectivity index (χ0v) is 15.6. The summed E-state index contributed by atoms with van der Waals surface area (Å²) in [7, 11) is 0. The number of nitrogens with one attached hydrogen (secondary N) is 1. The summed E-state index contributed by atoms with van der Waals surface area (Å²) >= 11 is 6.06. The predicted octanol–water partition coefficient (Wildman–Crippen LogP) is 4.16. The van der Waals surface area contributed by atoms with Gasteiger partial charge in [0, 0.05) is 6.42 Å². The van der Waals surface area contributed by atoms with E-state index < -0.39 is 11.9 Å². The molecule has 2 rings (SSSR count). The molecule has 0 aliphatic rings. The molecule has 0 radical (unpaired) electrons. The molecule has 2 aromatic carbocycles. The summed E-state index contributed by atoms with van der Waals surface area (Å²) in [4.78, 5) is 23.8. The van der Waals surface area contributed by atoms with E-state index >= 15 is 0 Å². The van der Waals surface area contributed by atoms with Crippen molar-refractivity contribution in [1.29, 1.82) is 0 Å². The summed E-state index contributed by atoms with van der Waals surface area (Å²) < 4.78 is 10.6. The van der Waals surface area contributed by atoms with Crippen LogP contribution in [0.15, 0.2) is 42.5 Å². The third-order valence-corrected chi connectivity index (χ3v) is 3.95. The summed E-state index contributed by atoms with van der Waals surface area (Å²) in [6.45, 7) is 4.02. The van der Waals surface area contributed by atoms with Gasteiger partial charge in [-0.1, -0.05) is 35.9 Å². The van der Waals surface area contributed by atoms with E-state index in [1.807, 2.05) is 44.2 Å². The van der Waals surface area contributed by atoms with Crippen molar-refractivity contribution in [3.8, 4) is 5.75 Å². The van der Waals surface area contributed by atoms with Crippen LogP contribution in [0.4, 0.5) is 5.69 Å². The molecule has 5 nitrogen and oxygen atoms in total. The topological polar surface area (TPSA) is 64.6 Å². The van der Waals surface area contributed by atoms with Crippen LogP contribution in [-0.2, 0) is 20.7 Å². The number of carbonyl (C=O) groups is 2. The lowest BCUT2D eigenvalue weighted by Crippen LogP contribution is -2.21. The number of rotatable bonds is 8. The van der Waals surface area contributed by atoms with Gasteiger partial charge in [0.2, 0.25) is 0 Å². The van der Waals surface area contributed by atoms with Crippen molar-refractivity contribution in [1.82, 2.24) is 0 Å². The van der Waals surface area contributed by atoms with Gasteiger partial charge in [0.15, 0.2) is 6.61 Å². The first-order valence-electron chi connectivity index (χ1n) is 8.42. The molecule has 0 fully saturated rings. The monoisotopic (exact) mass is 375 g/mol. The van der Waals surface area contributed by atoms with Gasteiger partial charge in [-0.05, 0) is 49.6 Å². The predicted molar refractivity (Wildman–Crippen MR) is 102 cm³/mol. The highest BCUT2D eigenvalue weighted by atomic mass is 35.5. The maximum Gasteiger partial charge on any atom is 0.306 e. The van der Waals surface area contributed by atoms with E-state index in [1.165, 1.54) is 0 Å². The molecule has 1 N–H and O–H groups in total. The number of benzene rings is 2. The Morgan fingerprint density at radius 3 is 2.65 bits per heavy atom. The number of aryl methyl sites for hydroxylation is 2. The molecule has 0 bridgehead atoms. The number of amides is 1. The molecule has 0 atom stereocenters. The first kappa shape index (κ1) is 19.8. The lowest BCUT2D eigenvalue weighted by Gasteiger charge is -2.10. The van der Waals surface area contributed by atoms with Gasteiger partial charge >= 0.3 is 5.97 Å². The van der Waals surface area contributed by atoms with Crippen molar-refractivity contribution in [2.75, 3.05) is 18.5 Å². The van der Waals surface area contributed by atoms with Crippen LogP contribution in [0.5, 0.6) is 5.75 Å². The molecule has 0 spiro atoms. The van der Waals surface area contributed by atoms with Crippen LogP contribution in [0.25, 0.3) is 0 Å². The van der Waals surface area contributed by atoms with Crippen LogP contribution in [0, 0.1) is 6.92 Å². The van der Waals surface area contributed by atoms with E-state index in [2.05, 4.69) is 5.32 Å². The van der Waals surface area contributed by atoms with Crippen LogP contribution >= 0.6 is 11.6 Å². The Bertz CT molecular complexity index is 776. The zero-order chi connectivity index (χ0) is 18.9. The maximum atomic E-state index is 11.9. The first-order chi connectivity index (χ1) is 12.5. The second kappa shape index (κ2) is 9.82. The standard InChI is InChI=1S/C20H22ClNO4/c1-3-25-18-7-5-4-6-15(18)9-11-20(24)26-13-19(23)22-17-10-8-14(2)12-16(17)21/h4-8,10,12H,3,9,11,13H2,1-2H3,(H,22,23). The maximum absolute atomic E-state index is 11.9. The first-order valence-corrected chi connectivity index (χ1v) is 8.79.